The number of carbonyl (C=O) groups excluding carboxylic acids is 1. The standard InChI is InChI=1S/C24H15ClN2O2S/c25-16-11-9-15(10-12-16)21-13-18(17-5-1-2-6-19(17)26-21)24(28)29-14-23-27-20-7-3-4-8-22(20)30-23/h1-13H,14H2. The Kier molecular flexibility index (Phi) is 4.91. The smallest absolute Gasteiger partial charge is 0.339 e. The van der Waals surface area contributed by atoms with Crippen molar-refractivity contribution in [3.8, 4) is 11.3 Å². The van der Waals surface area contributed by atoms with Crippen LogP contribution in [0.1, 0.15) is 15.4 Å². The first-order valence-corrected chi connectivity index (χ1v) is 10.5. The third-order valence-electron chi connectivity index (χ3n) is 4.74. The van der Waals surface area contributed by atoms with Gasteiger partial charge in [0.2, 0.25) is 0 Å². The summed E-state index contributed by atoms with van der Waals surface area (Å²) in [7, 11) is 0. The molecular formula is C24H15ClN2O2S. The molecule has 0 bridgehead atoms. The monoisotopic (exact) mass is 430 g/mol. The summed E-state index contributed by atoms with van der Waals surface area (Å²) in [6.07, 6.45) is 0. The number of esters is 1. The number of thiazole rings is 1. The lowest BCUT2D eigenvalue weighted by molar-refractivity contribution is 0.0475. The number of rotatable bonds is 4. The second kappa shape index (κ2) is 7.86. The van der Waals surface area contributed by atoms with Crippen LogP contribution < -0.4 is 0 Å². The molecule has 0 unspecified atom stereocenters. The molecule has 5 aromatic rings. The Bertz CT molecular complexity index is 1350. The molecule has 0 aliphatic heterocycles. The predicted molar refractivity (Wildman–Crippen MR) is 121 cm³/mol. The molecule has 0 N–H and O–H groups in total. The first-order chi connectivity index (χ1) is 14.7. The van der Waals surface area contributed by atoms with E-state index in [1.807, 2.05) is 60.7 Å². The molecule has 0 aliphatic rings. The molecule has 2 aromatic heterocycles. The number of pyridine rings is 1. The van der Waals surface area contributed by atoms with E-state index in [1.165, 1.54) is 11.3 Å². The van der Waals surface area contributed by atoms with Crippen LogP contribution in [0.2, 0.25) is 5.02 Å². The normalized spacial score (nSPS) is 11.1. The minimum absolute atomic E-state index is 0.130. The van der Waals surface area contributed by atoms with Crippen molar-refractivity contribution in [2.24, 2.45) is 0 Å². The predicted octanol–water partition coefficient (Wildman–Crippen LogP) is 6.52. The fourth-order valence-electron chi connectivity index (χ4n) is 3.30. The van der Waals surface area contributed by atoms with Crippen molar-refractivity contribution in [1.29, 1.82) is 0 Å². The highest BCUT2D eigenvalue weighted by Crippen LogP contribution is 2.27. The van der Waals surface area contributed by atoms with Crippen LogP contribution in [0.3, 0.4) is 0 Å². The number of nitrogens with zero attached hydrogens (tertiary/aromatic N) is 2. The zero-order chi connectivity index (χ0) is 20.5. The number of benzene rings is 3. The second-order valence-electron chi connectivity index (χ2n) is 6.73. The van der Waals surface area contributed by atoms with E-state index in [1.54, 1.807) is 18.2 Å². The minimum atomic E-state index is -0.400. The highest BCUT2D eigenvalue weighted by Gasteiger charge is 2.16. The van der Waals surface area contributed by atoms with Crippen LogP contribution in [-0.4, -0.2) is 15.9 Å². The first kappa shape index (κ1) is 18.7. The molecule has 3 aromatic carbocycles. The van der Waals surface area contributed by atoms with Crippen molar-refractivity contribution in [2.45, 2.75) is 6.61 Å². The molecule has 4 nitrogen and oxygen atoms in total. The Balaban J connectivity index is 1.48. The van der Waals surface area contributed by atoms with Crippen LogP contribution in [0.5, 0.6) is 0 Å². The van der Waals surface area contributed by atoms with Gasteiger partial charge in [-0.05, 0) is 36.4 Å². The summed E-state index contributed by atoms with van der Waals surface area (Å²) in [6.45, 7) is 0.130. The lowest BCUT2D eigenvalue weighted by Crippen LogP contribution is -2.07. The van der Waals surface area contributed by atoms with Gasteiger partial charge in [-0.3, -0.25) is 0 Å². The second-order valence-corrected chi connectivity index (χ2v) is 8.28. The van der Waals surface area contributed by atoms with Gasteiger partial charge in [-0.15, -0.1) is 11.3 Å². The van der Waals surface area contributed by atoms with Gasteiger partial charge in [-0.2, -0.15) is 0 Å². The van der Waals surface area contributed by atoms with Crippen LogP contribution in [0.4, 0.5) is 0 Å². The number of halogens is 1. The number of ether oxygens (including phenoxy) is 1. The van der Waals surface area contributed by atoms with Crippen LogP contribution in [-0.2, 0) is 11.3 Å². The molecule has 0 saturated heterocycles. The van der Waals surface area contributed by atoms with Crippen molar-refractivity contribution in [3.05, 3.63) is 94.5 Å². The topological polar surface area (TPSA) is 52.1 Å². The average molecular weight is 431 g/mol. The summed E-state index contributed by atoms with van der Waals surface area (Å²) in [5, 5.41) is 2.17. The van der Waals surface area contributed by atoms with Gasteiger partial charge < -0.3 is 4.74 Å². The largest absolute Gasteiger partial charge is 0.455 e. The van der Waals surface area contributed by atoms with Gasteiger partial charge in [0, 0.05) is 16.0 Å². The van der Waals surface area contributed by atoms with Gasteiger partial charge >= 0.3 is 5.97 Å². The Hall–Kier alpha value is -3.28. The molecule has 2 heterocycles. The molecule has 0 amide bonds. The molecule has 0 saturated carbocycles. The van der Waals surface area contributed by atoms with Gasteiger partial charge in [-0.1, -0.05) is 54.1 Å². The summed E-state index contributed by atoms with van der Waals surface area (Å²) < 4.78 is 6.69. The van der Waals surface area contributed by atoms with Crippen LogP contribution in [0.15, 0.2) is 78.9 Å². The molecule has 30 heavy (non-hydrogen) atoms. The quantitative estimate of drug-likeness (QED) is 0.304. The highest BCUT2D eigenvalue weighted by atomic mass is 35.5. The molecular weight excluding hydrogens is 416 g/mol. The first-order valence-electron chi connectivity index (χ1n) is 9.35. The molecule has 5 rings (SSSR count). The van der Waals surface area contributed by atoms with Crippen molar-refractivity contribution in [3.63, 3.8) is 0 Å². The van der Waals surface area contributed by atoms with Crippen LogP contribution >= 0.6 is 22.9 Å². The SMILES string of the molecule is O=C(OCc1nc2ccccc2s1)c1cc(-c2ccc(Cl)cc2)nc2ccccc12. The fourth-order valence-corrected chi connectivity index (χ4v) is 4.31. The number of carbonyl (C=O) groups is 1. The number of hydrogen-bond acceptors (Lipinski definition) is 5. The number of hydrogen-bond donors (Lipinski definition) is 0. The third kappa shape index (κ3) is 3.65. The van der Waals surface area contributed by atoms with Crippen molar-refractivity contribution in [1.82, 2.24) is 9.97 Å². The molecule has 6 heteroatoms. The summed E-state index contributed by atoms with van der Waals surface area (Å²) >= 11 is 7.53. The Morgan fingerprint density at radius 3 is 2.43 bits per heavy atom. The zero-order valence-corrected chi connectivity index (χ0v) is 17.3. The van der Waals surface area contributed by atoms with E-state index in [0.717, 1.165) is 31.7 Å². The van der Waals surface area contributed by atoms with Gasteiger partial charge in [0.1, 0.15) is 11.6 Å². The molecule has 0 radical (unpaired) electrons. The minimum Gasteiger partial charge on any atom is -0.455 e. The number of fused-ring (bicyclic) bond motifs is 2. The Labute approximate surface area is 181 Å². The maximum atomic E-state index is 13.0. The molecule has 0 aliphatic carbocycles. The van der Waals surface area contributed by atoms with E-state index < -0.39 is 5.97 Å². The molecule has 0 atom stereocenters. The van der Waals surface area contributed by atoms with Crippen LogP contribution in [0, 0.1) is 0 Å². The Morgan fingerprint density at radius 1 is 0.900 bits per heavy atom. The van der Waals surface area contributed by atoms with Crippen molar-refractivity contribution in [2.75, 3.05) is 0 Å². The van der Waals surface area contributed by atoms with Gasteiger partial charge in [0.05, 0.1) is 27.0 Å². The van der Waals surface area contributed by atoms with E-state index in [0.29, 0.717) is 16.3 Å². The van der Waals surface area contributed by atoms with Crippen LogP contribution in [0.25, 0.3) is 32.4 Å². The van der Waals surface area contributed by atoms with Gasteiger partial charge in [0.25, 0.3) is 0 Å². The highest BCUT2D eigenvalue weighted by molar-refractivity contribution is 7.18. The summed E-state index contributed by atoms with van der Waals surface area (Å²) in [5.41, 5.74) is 3.69. The van der Waals surface area contributed by atoms with Crippen molar-refractivity contribution >= 4 is 50.0 Å². The average Bonchev–Trinajstić information content (AvgIpc) is 3.20. The molecule has 0 spiro atoms. The maximum Gasteiger partial charge on any atom is 0.339 e. The summed E-state index contributed by atoms with van der Waals surface area (Å²) in [6, 6.07) is 24.6. The summed E-state index contributed by atoms with van der Waals surface area (Å²) in [5.74, 6) is -0.400. The number of aromatic nitrogens is 2. The van der Waals surface area contributed by atoms with Gasteiger partial charge in [0.15, 0.2) is 0 Å². The van der Waals surface area contributed by atoms with E-state index in [9.17, 15) is 4.79 Å². The number of para-hydroxylation sites is 2. The lowest BCUT2D eigenvalue weighted by Gasteiger charge is -2.10. The lowest BCUT2D eigenvalue weighted by atomic mass is 10.0. The maximum absolute atomic E-state index is 13.0. The Morgan fingerprint density at radius 2 is 1.63 bits per heavy atom. The van der Waals surface area contributed by atoms with Crippen molar-refractivity contribution < 1.29 is 9.53 Å². The fraction of sp³-hybridized carbons (Fsp3) is 0.0417. The van der Waals surface area contributed by atoms with E-state index in [-0.39, 0.29) is 6.61 Å². The third-order valence-corrected chi connectivity index (χ3v) is 6.00. The summed E-state index contributed by atoms with van der Waals surface area (Å²) in [4.78, 5) is 22.2. The zero-order valence-electron chi connectivity index (χ0n) is 15.7. The molecule has 146 valence electrons. The molecule has 0 fully saturated rings. The van der Waals surface area contributed by atoms with E-state index in [2.05, 4.69) is 4.98 Å². The van der Waals surface area contributed by atoms with Gasteiger partial charge in [-0.25, -0.2) is 14.8 Å². The van der Waals surface area contributed by atoms with E-state index >= 15 is 0 Å². The van der Waals surface area contributed by atoms with E-state index in [4.69, 9.17) is 21.3 Å².